The van der Waals surface area contributed by atoms with Crippen LogP contribution in [0.15, 0.2) is 77.7 Å². The van der Waals surface area contributed by atoms with Crippen LogP contribution in [-0.4, -0.2) is 13.4 Å². The van der Waals surface area contributed by atoms with E-state index in [9.17, 15) is 12.8 Å². The van der Waals surface area contributed by atoms with Crippen molar-refractivity contribution in [1.82, 2.24) is 4.98 Å². The van der Waals surface area contributed by atoms with Crippen molar-refractivity contribution in [2.45, 2.75) is 4.90 Å². The van der Waals surface area contributed by atoms with E-state index in [1.807, 2.05) is 24.3 Å². The molecule has 0 amide bonds. The fourth-order valence-electron chi connectivity index (χ4n) is 2.83. The van der Waals surface area contributed by atoms with Gasteiger partial charge in [0.25, 0.3) is 10.0 Å². The Hall–Kier alpha value is -2.83. The Labute approximate surface area is 160 Å². The van der Waals surface area contributed by atoms with Gasteiger partial charge < -0.3 is 4.98 Å². The summed E-state index contributed by atoms with van der Waals surface area (Å²) in [6.07, 6.45) is 0. The minimum absolute atomic E-state index is 0.126. The zero-order valence-corrected chi connectivity index (χ0v) is 15.5. The van der Waals surface area contributed by atoms with Gasteiger partial charge in [0, 0.05) is 27.3 Å². The fourth-order valence-corrected chi connectivity index (χ4v) is 4.10. The van der Waals surface area contributed by atoms with Gasteiger partial charge >= 0.3 is 0 Å². The predicted octanol–water partition coefficient (Wildman–Crippen LogP) is 5.43. The molecule has 1 aromatic heterocycles. The largest absolute Gasteiger partial charge is 0.355 e. The highest BCUT2D eigenvalue weighted by molar-refractivity contribution is 7.92. The van der Waals surface area contributed by atoms with Crippen LogP contribution in [0.4, 0.5) is 10.1 Å². The van der Waals surface area contributed by atoms with E-state index in [1.54, 1.807) is 24.3 Å². The molecule has 0 bridgehead atoms. The molecule has 0 unspecified atom stereocenters. The first-order chi connectivity index (χ1) is 12.9. The molecule has 0 saturated heterocycles. The smallest absolute Gasteiger partial charge is 0.261 e. The lowest BCUT2D eigenvalue weighted by atomic mass is 10.1. The average molecular weight is 401 g/mol. The number of halogens is 2. The van der Waals surface area contributed by atoms with E-state index in [4.69, 9.17) is 11.6 Å². The summed E-state index contributed by atoms with van der Waals surface area (Å²) in [5.74, 6) is -0.605. The molecule has 0 aliphatic heterocycles. The quantitative estimate of drug-likeness (QED) is 0.480. The molecule has 3 aromatic carbocycles. The van der Waals surface area contributed by atoms with Crippen LogP contribution in [0, 0.1) is 5.82 Å². The second kappa shape index (κ2) is 6.72. The molecule has 2 N–H and O–H groups in total. The SMILES string of the molecule is O=S(=O)(Nc1ccc(-c2cc3cc(Cl)ccc3[nH]2)cc1)c1cccc(F)c1. The van der Waals surface area contributed by atoms with Gasteiger partial charge in [-0.2, -0.15) is 0 Å². The third-order valence-electron chi connectivity index (χ3n) is 4.14. The van der Waals surface area contributed by atoms with E-state index in [2.05, 4.69) is 9.71 Å². The molecule has 4 nitrogen and oxygen atoms in total. The molecular formula is C20H14ClFN2O2S. The van der Waals surface area contributed by atoms with Crippen molar-refractivity contribution in [1.29, 1.82) is 0 Å². The maximum absolute atomic E-state index is 13.3. The van der Waals surface area contributed by atoms with E-state index in [0.29, 0.717) is 10.7 Å². The predicted molar refractivity (Wildman–Crippen MR) is 106 cm³/mol. The Morgan fingerprint density at radius 3 is 2.44 bits per heavy atom. The first kappa shape index (κ1) is 17.6. The standard InChI is InChI=1S/C20H14ClFN2O2S/c21-15-6-9-19-14(10-15)11-20(23-19)13-4-7-17(8-5-13)24-27(25,26)18-3-1-2-16(22)12-18/h1-12,23-24H. The van der Waals surface area contributed by atoms with Gasteiger partial charge in [-0.1, -0.05) is 29.8 Å². The Kier molecular flexibility index (Phi) is 4.37. The molecule has 1 heterocycles. The second-order valence-electron chi connectivity index (χ2n) is 6.05. The van der Waals surface area contributed by atoms with Gasteiger partial charge in [0.05, 0.1) is 4.90 Å². The van der Waals surface area contributed by atoms with Crippen molar-refractivity contribution >= 4 is 38.2 Å². The van der Waals surface area contributed by atoms with Crippen LogP contribution in [0.2, 0.25) is 5.02 Å². The van der Waals surface area contributed by atoms with E-state index < -0.39 is 15.8 Å². The lowest BCUT2D eigenvalue weighted by molar-refractivity contribution is 0.595. The maximum atomic E-state index is 13.3. The molecule has 0 spiro atoms. The molecule has 4 rings (SSSR count). The number of hydrogen-bond acceptors (Lipinski definition) is 2. The third kappa shape index (κ3) is 3.67. The lowest BCUT2D eigenvalue weighted by Gasteiger charge is -2.08. The summed E-state index contributed by atoms with van der Waals surface area (Å²) >= 11 is 6.01. The summed E-state index contributed by atoms with van der Waals surface area (Å²) < 4.78 is 40.5. The Bertz CT molecular complexity index is 1230. The number of rotatable bonds is 4. The summed E-state index contributed by atoms with van der Waals surface area (Å²) in [4.78, 5) is 3.17. The zero-order chi connectivity index (χ0) is 19.0. The molecular weight excluding hydrogens is 387 g/mol. The minimum atomic E-state index is -3.85. The summed E-state index contributed by atoms with van der Waals surface area (Å²) in [6.45, 7) is 0. The number of sulfonamides is 1. The maximum Gasteiger partial charge on any atom is 0.261 e. The number of benzene rings is 3. The van der Waals surface area contributed by atoms with Crippen molar-refractivity contribution in [3.05, 3.63) is 83.6 Å². The molecule has 4 aromatic rings. The molecule has 7 heteroatoms. The van der Waals surface area contributed by atoms with Gasteiger partial charge in [0.2, 0.25) is 0 Å². The highest BCUT2D eigenvalue weighted by Gasteiger charge is 2.15. The Balaban J connectivity index is 1.60. The minimum Gasteiger partial charge on any atom is -0.355 e. The van der Waals surface area contributed by atoms with Crippen LogP contribution in [0.1, 0.15) is 0 Å². The monoisotopic (exact) mass is 400 g/mol. The van der Waals surface area contributed by atoms with Crippen molar-refractivity contribution in [2.75, 3.05) is 4.72 Å². The van der Waals surface area contributed by atoms with Crippen LogP contribution in [0.5, 0.6) is 0 Å². The van der Waals surface area contributed by atoms with E-state index in [0.717, 1.165) is 28.2 Å². The second-order valence-corrected chi connectivity index (χ2v) is 8.17. The van der Waals surface area contributed by atoms with Gasteiger partial charge in [0.1, 0.15) is 5.82 Å². The van der Waals surface area contributed by atoms with Crippen molar-refractivity contribution in [3.8, 4) is 11.3 Å². The van der Waals surface area contributed by atoms with Gasteiger partial charge in [-0.05, 0) is 60.2 Å². The topological polar surface area (TPSA) is 62.0 Å². The number of aromatic amines is 1. The average Bonchev–Trinajstić information content (AvgIpc) is 3.05. The molecule has 0 fully saturated rings. The number of anilines is 1. The van der Waals surface area contributed by atoms with Gasteiger partial charge in [-0.15, -0.1) is 0 Å². The summed E-state index contributed by atoms with van der Waals surface area (Å²) in [7, 11) is -3.85. The van der Waals surface area contributed by atoms with Crippen molar-refractivity contribution in [3.63, 3.8) is 0 Å². The highest BCUT2D eigenvalue weighted by atomic mass is 35.5. The number of hydrogen-bond donors (Lipinski definition) is 2. The zero-order valence-electron chi connectivity index (χ0n) is 13.9. The number of H-pyrrole nitrogens is 1. The van der Waals surface area contributed by atoms with Crippen molar-refractivity contribution in [2.24, 2.45) is 0 Å². The first-order valence-electron chi connectivity index (χ1n) is 8.08. The summed E-state index contributed by atoms with van der Waals surface area (Å²) in [5.41, 5.74) is 3.15. The number of nitrogens with one attached hydrogen (secondary N) is 2. The van der Waals surface area contributed by atoms with Gasteiger partial charge in [-0.25, -0.2) is 12.8 Å². The number of fused-ring (bicyclic) bond motifs is 1. The molecule has 27 heavy (non-hydrogen) atoms. The molecule has 0 radical (unpaired) electrons. The summed E-state index contributed by atoms with van der Waals surface area (Å²) in [5, 5.41) is 1.66. The Morgan fingerprint density at radius 2 is 1.70 bits per heavy atom. The van der Waals surface area contributed by atoms with Crippen LogP contribution < -0.4 is 4.72 Å². The number of aromatic nitrogens is 1. The van der Waals surface area contributed by atoms with Crippen LogP contribution in [-0.2, 0) is 10.0 Å². The molecule has 0 aliphatic rings. The third-order valence-corrected chi connectivity index (χ3v) is 5.75. The highest BCUT2D eigenvalue weighted by Crippen LogP contribution is 2.27. The molecule has 0 aliphatic carbocycles. The fraction of sp³-hybridized carbons (Fsp3) is 0. The van der Waals surface area contributed by atoms with Crippen LogP contribution in [0.3, 0.4) is 0 Å². The molecule has 136 valence electrons. The van der Waals surface area contributed by atoms with Gasteiger partial charge in [-0.3, -0.25) is 4.72 Å². The summed E-state index contributed by atoms with van der Waals surface area (Å²) in [6, 6.07) is 19.4. The Morgan fingerprint density at radius 1 is 0.926 bits per heavy atom. The van der Waals surface area contributed by atoms with E-state index in [-0.39, 0.29) is 4.90 Å². The van der Waals surface area contributed by atoms with Crippen molar-refractivity contribution < 1.29 is 12.8 Å². The van der Waals surface area contributed by atoms with Gasteiger partial charge in [0.15, 0.2) is 0 Å². The van der Waals surface area contributed by atoms with E-state index >= 15 is 0 Å². The van der Waals surface area contributed by atoms with E-state index in [1.165, 1.54) is 18.2 Å². The lowest BCUT2D eigenvalue weighted by Crippen LogP contribution is -2.13. The normalized spacial score (nSPS) is 11.6. The van der Waals surface area contributed by atoms with Crippen LogP contribution >= 0.6 is 11.6 Å². The van der Waals surface area contributed by atoms with Crippen LogP contribution in [0.25, 0.3) is 22.2 Å². The molecule has 0 saturated carbocycles. The first-order valence-corrected chi connectivity index (χ1v) is 9.94. The molecule has 0 atom stereocenters.